The van der Waals surface area contributed by atoms with Crippen molar-refractivity contribution in [3.8, 4) is 11.3 Å². The van der Waals surface area contributed by atoms with Gasteiger partial charge in [0.25, 0.3) is 0 Å². The lowest BCUT2D eigenvalue weighted by Gasteiger charge is -2.05. The number of aromatic carboxylic acids is 1. The molecule has 0 aliphatic carbocycles. The van der Waals surface area contributed by atoms with Gasteiger partial charge in [0.2, 0.25) is 0 Å². The van der Waals surface area contributed by atoms with Crippen LogP contribution < -0.4 is 0 Å². The van der Waals surface area contributed by atoms with Gasteiger partial charge in [0.15, 0.2) is 11.5 Å². The number of hydrogen-bond donors (Lipinski definition) is 1. The van der Waals surface area contributed by atoms with Crippen LogP contribution in [0.25, 0.3) is 11.3 Å². The summed E-state index contributed by atoms with van der Waals surface area (Å²) in [5, 5.41) is 9.36. The van der Waals surface area contributed by atoms with Crippen LogP contribution in [-0.4, -0.2) is 21.0 Å². The molecule has 0 radical (unpaired) electrons. The molecule has 4 nitrogen and oxygen atoms in total. The number of rotatable bonds is 2. The summed E-state index contributed by atoms with van der Waals surface area (Å²) in [7, 11) is 0. The van der Waals surface area contributed by atoms with Gasteiger partial charge in [0.1, 0.15) is 12.0 Å². The average Bonchev–Trinajstić information content (AvgIpc) is 2.27. The lowest BCUT2D eigenvalue weighted by atomic mass is 10.1. The molecule has 2 aromatic rings. The first kappa shape index (κ1) is 12.7. The third-order valence-electron chi connectivity index (χ3n) is 2.13. The zero-order valence-electron chi connectivity index (χ0n) is 8.69. The van der Waals surface area contributed by atoms with E-state index in [-0.39, 0.29) is 11.3 Å². The summed E-state index contributed by atoms with van der Waals surface area (Å²) in [6.07, 6.45) is 0.969. The van der Waals surface area contributed by atoms with Crippen LogP contribution in [0.4, 0.5) is 4.39 Å². The van der Waals surface area contributed by atoms with E-state index < -0.39 is 17.5 Å². The molecule has 1 aromatic carbocycles. The summed E-state index contributed by atoms with van der Waals surface area (Å²) in [5.74, 6) is -2.49. The van der Waals surface area contributed by atoms with E-state index in [1.807, 2.05) is 0 Å². The quantitative estimate of drug-likeness (QED) is 0.920. The number of nitrogens with zero attached hydrogens (tertiary/aromatic N) is 2. The fraction of sp³-hybridized carbons (Fsp3) is 0. The Bertz CT molecular complexity index is 614. The van der Waals surface area contributed by atoms with Crippen molar-refractivity contribution in [1.29, 1.82) is 0 Å². The van der Waals surface area contributed by atoms with Gasteiger partial charge in [-0.2, -0.15) is 0 Å². The summed E-state index contributed by atoms with van der Waals surface area (Å²) >= 11 is 11.6. The first-order valence-corrected chi connectivity index (χ1v) is 5.45. The maximum Gasteiger partial charge on any atom is 0.357 e. The number of carboxylic acid groups (broad SMARTS) is 1. The molecule has 0 saturated carbocycles. The first-order chi connectivity index (χ1) is 8.49. The Balaban J connectivity index is 2.64. The van der Waals surface area contributed by atoms with Crippen molar-refractivity contribution in [1.82, 2.24) is 9.97 Å². The Kier molecular flexibility index (Phi) is 3.45. The van der Waals surface area contributed by atoms with Crippen molar-refractivity contribution < 1.29 is 14.3 Å². The molecule has 0 saturated heterocycles. The van der Waals surface area contributed by atoms with Gasteiger partial charge in [0.05, 0.1) is 0 Å². The molecule has 0 fully saturated rings. The van der Waals surface area contributed by atoms with Crippen molar-refractivity contribution in [2.24, 2.45) is 0 Å². The standard InChI is InChI=1S/C11H5Cl2FN2O2/c12-6-1-5(2-7(13)3-6)9-8(14)10(11(17)18)16-4-15-9/h1-4H,(H,17,18). The maximum absolute atomic E-state index is 13.9. The number of halogens is 3. The van der Waals surface area contributed by atoms with Crippen molar-refractivity contribution >= 4 is 29.2 Å². The van der Waals surface area contributed by atoms with E-state index in [1.54, 1.807) is 0 Å². The van der Waals surface area contributed by atoms with Gasteiger partial charge in [-0.15, -0.1) is 0 Å². The lowest BCUT2D eigenvalue weighted by molar-refractivity contribution is 0.0684. The third-order valence-corrected chi connectivity index (χ3v) is 2.56. The molecular weight excluding hydrogens is 282 g/mol. The van der Waals surface area contributed by atoms with Gasteiger partial charge in [-0.05, 0) is 18.2 Å². The molecule has 0 bridgehead atoms. The summed E-state index contributed by atoms with van der Waals surface area (Å²) in [5.41, 5.74) is -0.571. The second-order valence-corrected chi connectivity index (χ2v) is 4.22. The number of benzene rings is 1. The Hall–Kier alpha value is -1.72. The predicted molar refractivity (Wildman–Crippen MR) is 64.4 cm³/mol. The highest BCUT2D eigenvalue weighted by Gasteiger charge is 2.18. The van der Waals surface area contributed by atoms with Crippen molar-refractivity contribution in [3.05, 3.63) is 46.1 Å². The molecule has 92 valence electrons. The summed E-state index contributed by atoms with van der Waals surface area (Å²) in [6.45, 7) is 0. The van der Waals surface area contributed by atoms with Gasteiger partial charge in [-0.1, -0.05) is 23.2 Å². The highest BCUT2D eigenvalue weighted by atomic mass is 35.5. The topological polar surface area (TPSA) is 63.1 Å². The predicted octanol–water partition coefficient (Wildman–Crippen LogP) is 3.29. The fourth-order valence-electron chi connectivity index (χ4n) is 1.41. The number of hydrogen-bond acceptors (Lipinski definition) is 3. The molecule has 1 heterocycles. The third kappa shape index (κ3) is 2.42. The van der Waals surface area contributed by atoms with Gasteiger partial charge in [0, 0.05) is 15.6 Å². The zero-order valence-corrected chi connectivity index (χ0v) is 10.2. The molecule has 1 N–H and O–H groups in total. The maximum atomic E-state index is 13.9. The number of carboxylic acids is 1. The number of carbonyl (C=O) groups is 1. The molecule has 0 spiro atoms. The summed E-state index contributed by atoms with van der Waals surface area (Å²) in [6, 6.07) is 4.35. The van der Waals surface area contributed by atoms with E-state index >= 15 is 0 Å². The van der Waals surface area contributed by atoms with Crippen molar-refractivity contribution in [2.75, 3.05) is 0 Å². The molecule has 18 heavy (non-hydrogen) atoms. The van der Waals surface area contributed by atoms with Crippen molar-refractivity contribution in [3.63, 3.8) is 0 Å². The highest BCUT2D eigenvalue weighted by molar-refractivity contribution is 6.35. The Labute approximate surface area is 111 Å². The first-order valence-electron chi connectivity index (χ1n) is 4.69. The van der Waals surface area contributed by atoms with E-state index in [1.165, 1.54) is 18.2 Å². The normalized spacial score (nSPS) is 10.4. The minimum absolute atomic E-state index is 0.160. The fourth-order valence-corrected chi connectivity index (χ4v) is 1.94. The zero-order chi connectivity index (χ0) is 13.3. The second kappa shape index (κ2) is 4.88. The molecule has 2 rings (SSSR count). The van der Waals surface area contributed by atoms with Crippen LogP contribution in [0.5, 0.6) is 0 Å². The molecule has 1 aromatic heterocycles. The molecule has 0 unspecified atom stereocenters. The SMILES string of the molecule is O=C(O)c1ncnc(-c2cc(Cl)cc(Cl)c2)c1F. The van der Waals surface area contributed by atoms with E-state index in [9.17, 15) is 9.18 Å². The molecule has 7 heteroatoms. The Morgan fingerprint density at radius 1 is 1.17 bits per heavy atom. The lowest BCUT2D eigenvalue weighted by Crippen LogP contribution is -2.06. The van der Waals surface area contributed by atoms with Crippen LogP contribution in [0.3, 0.4) is 0 Å². The molecule has 0 amide bonds. The summed E-state index contributed by atoms with van der Waals surface area (Å²) < 4.78 is 13.9. The summed E-state index contributed by atoms with van der Waals surface area (Å²) in [4.78, 5) is 17.8. The van der Waals surface area contributed by atoms with E-state index in [0.29, 0.717) is 10.0 Å². The number of aromatic nitrogens is 2. The Morgan fingerprint density at radius 2 is 1.78 bits per heavy atom. The van der Waals surface area contributed by atoms with Crippen LogP contribution >= 0.6 is 23.2 Å². The van der Waals surface area contributed by atoms with Crippen LogP contribution in [-0.2, 0) is 0 Å². The van der Waals surface area contributed by atoms with Crippen LogP contribution in [0, 0.1) is 5.82 Å². The van der Waals surface area contributed by atoms with Gasteiger partial charge < -0.3 is 5.11 Å². The largest absolute Gasteiger partial charge is 0.476 e. The van der Waals surface area contributed by atoms with Gasteiger partial charge >= 0.3 is 5.97 Å². The molecule has 0 aliphatic heterocycles. The molecular formula is C11H5Cl2FN2O2. The highest BCUT2D eigenvalue weighted by Crippen LogP contribution is 2.28. The smallest absolute Gasteiger partial charge is 0.357 e. The molecule has 0 atom stereocenters. The second-order valence-electron chi connectivity index (χ2n) is 3.35. The molecule has 0 aliphatic rings. The van der Waals surface area contributed by atoms with Gasteiger partial charge in [-0.3, -0.25) is 0 Å². The average molecular weight is 287 g/mol. The Morgan fingerprint density at radius 3 is 2.33 bits per heavy atom. The van der Waals surface area contributed by atoms with E-state index in [0.717, 1.165) is 6.33 Å². The van der Waals surface area contributed by atoms with Crippen LogP contribution in [0.1, 0.15) is 10.5 Å². The minimum Gasteiger partial charge on any atom is -0.476 e. The minimum atomic E-state index is -1.47. The monoisotopic (exact) mass is 286 g/mol. The van der Waals surface area contributed by atoms with Crippen LogP contribution in [0.2, 0.25) is 10.0 Å². The van der Waals surface area contributed by atoms with E-state index in [2.05, 4.69) is 9.97 Å². The van der Waals surface area contributed by atoms with Gasteiger partial charge in [-0.25, -0.2) is 19.2 Å². The van der Waals surface area contributed by atoms with E-state index in [4.69, 9.17) is 28.3 Å². The van der Waals surface area contributed by atoms with Crippen molar-refractivity contribution in [2.45, 2.75) is 0 Å². The van der Waals surface area contributed by atoms with Crippen LogP contribution in [0.15, 0.2) is 24.5 Å².